The van der Waals surface area contributed by atoms with Gasteiger partial charge in [0, 0.05) is 44.1 Å². The van der Waals surface area contributed by atoms with Crippen molar-refractivity contribution in [3.05, 3.63) is 112 Å². The summed E-state index contributed by atoms with van der Waals surface area (Å²) in [5.41, 5.74) is 15.8. The van der Waals surface area contributed by atoms with Crippen LogP contribution >= 0.6 is 0 Å². The molecule has 41 heavy (non-hydrogen) atoms. The lowest BCUT2D eigenvalue weighted by Crippen LogP contribution is -2.49. The second-order valence-electron chi connectivity index (χ2n) is 11.2. The number of aliphatic hydroxyl groups is 1. The second-order valence-corrected chi connectivity index (χ2v) is 11.2. The van der Waals surface area contributed by atoms with Gasteiger partial charge in [-0.3, -0.25) is 4.90 Å². The summed E-state index contributed by atoms with van der Waals surface area (Å²) in [5.74, 6) is 0.620. The summed E-state index contributed by atoms with van der Waals surface area (Å²) in [6.07, 6.45) is 0.233. The summed E-state index contributed by atoms with van der Waals surface area (Å²) in [6.45, 7) is 10.5. The normalized spacial score (nSPS) is 14.7. The van der Waals surface area contributed by atoms with Crippen LogP contribution in [0.25, 0.3) is 11.1 Å². The Morgan fingerprint density at radius 3 is 1.98 bits per heavy atom. The average Bonchev–Trinajstić information content (AvgIpc) is 2.98. The third kappa shape index (κ3) is 7.07. The van der Waals surface area contributed by atoms with E-state index in [-0.39, 0.29) is 12.4 Å². The molecule has 0 amide bonds. The molecule has 1 aliphatic heterocycles. The van der Waals surface area contributed by atoms with Crippen LogP contribution in [0.2, 0.25) is 0 Å². The van der Waals surface area contributed by atoms with Crippen LogP contribution in [0.3, 0.4) is 0 Å². The first-order valence-electron chi connectivity index (χ1n) is 14.3. The smallest absolute Gasteiger partial charge is 0.125 e. The number of aliphatic hydroxyl groups excluding tert-OH is 1. The van der Waals surface area contributed by atoms with Crippen molar-refractivity contribution in [1.29, 1.82) is 0 Å². The Hall–Kier alpha value is -3.87. The number of anilines is 2. The highest BCUT2D eigenvalue weighted by Crippen LogP contribution is 2.30. The van der Waals surface area contributed by atoms with Crippen molar-refractivity contribution >= 4 is 11.4 Å². The molecule has 5 rings (SSSR count). The molecule has 214 valence electrons. The van der Waals surface area contributed by atoms with Crippen molar-refractivity contribution < 1.29 is 14.2 Å². The Bertz CT molecular complexity index is 1450. The molecule has 0 bridgehead atoms. The zero-order valence-corrected chi connectivity index (χ0v) is 24.2. The standard InChI is InChI=1S/C35H40FN3O2/c1-24-20-34(37)25(2)26(3)35(24)41-23-33(40)22-38-16-18-39(19-17-38)32-14-10-30(11-15-32)29-8-4-27(5-9-29)21-28-6-12-31(36)13-7-28/h4-15,20,33,40H,16-19,21-23,37H2,1-3H3. The zero-order valence-electron chi connectivity index (χ0n) is 24.2. The van der Waals surface area contributed by atoms with Crippen LogP contribution in [-0.4, -0.2) is 55.4 Å². The van der Waals surface area contributed by atoms with E-state index in [9.17, 15) is 9.50 Å². The van der Waals surface area contributed by atoms with E-state index < -0.39 is 6.10 Å². The predicted octanol–water partition coefficient (Wildman–Crippen LogP) is 6.15. The zero-order chi connectivity index (χ0) is 28.9. The highest BCUT2D eigenvalue weighted by molar-refractivity contribution is 5.67. The molecule has 1 unspecified atom stereocenters. The van der Waals surface area contributed by atoms with E-state index in [2.05, 4.69) is 58.3 Å². The maximum absolute atomic E-state index is 13.2. The summed E-state index contributed by atoms with van der Waals surface area (Å²) < 4.78 is 19.2. The van der Waals surface area contributed by atoms with Crippen molar-refractivity contribution in [2.24, 2.45) is 0 Å². The predicted molar refractivity (Wildman–Crippen MR) is 166 cm³/mol. The summed E-state index contributed by atoms with van der Waals surface area (Å²) in [5, 5.41) is 10.7. The molecular formula is C35H40FN3O2. The molecule has 4 aromatic carbocycles. The van der Waals surface area contributed by atoms with Crippen molar-refractivity contribution in [3.63, 3.8) is 0 Å². The summed E-state index contributed by atoms with van der Waals surface area (Å²) >= 11 is 0. The topological polar surface area (TPSA) is 62.0 Å². The molecule has 0 aliphatic carbocycles. The summed E-state index contributed by atoms with van der Waals surface area (Å²) in [4.78, 5) is 4.71. The maximum Gasteiger partial charge on any atom is 0.125 e. The molecular weight excluding hydrogens is 513 g/mol. The molecule has 1 fully saturated rings. The molecule has 1 heterocycles. The van der Waals surface area contributed by atoms with Gasteiger partial charge in [0.05, 0.1) is 0 Å². The number of benzene rings is 4. The lowest BCUT2D eigenvalue weighted by molar-refractivity contribution is 0.0658. The summed E-state index contributed by atoms with van der Waals surface area (Å²) in [7, 11) is 0. The molecule has 1 aliphatic rings. The molecule has 4 aromatic rings. The Morgan fingerprint density at radius 2 is 1.37 bits per heavy atom. The van der Waals surface area contributed by atoms with E-state index >= 15 is 0 Å². The van der Waals surface area contributed by atoms with Crippen molar-refractivity contribution in [2.75, 3.05) is 50.0 Å². The fraction of sp³-hybridized carbons (Fsp3) is 0.314. The summed E-state index contributed by atoms with van der Waals surface area (Å²) in [6, 6.07) is 26.0. The first-order valence-corrected chi connectivity index (χ1v) is 14.3. The molecule has 1 atom stereocenters. The Kier molecular flexibility index (Phi) is 8.91. The van der Waals surface area contributed by atoms with E-state index in [4.69, 9.17) is 10.5 Å². The maximum atomic E-state index is 13.2. The fourth-order valence-electron chi connectivity index (χ4n) is 5.55. The van der Waals surface area contributed by atoms with E-state index in [1.165, 1.54) is 34.5 Å². The number of piperazine rings is 1. The van der Waals surface area contributed by atoms with Gasteiger partial charge in [-0.15, -0.1) is 0 Å². The van der Waals surface area contributed by atoms with Gasteiger partial charge in [-0.25, -0.2) is 4.39 Å². The Labute approximate surface area is 243 Å². The molecule has 0 spiro atoms. The van der Waals surface area contributed by atoms with Crippen LogP contribution in [0.1, 0.15) is 27.8 Å². The lowest BCUT2D eigenvalue weighted by Gasteiger charge is -2.37. The molecule has 0 saturated carbocycles. The second kappa shape index (κ2) is 12.8. The van der Waals surface area contributed by atoms with Crippen molar-refractivity contribution in [2.45, 2.75) is 33.3 Å². The number of aryl methyl sites for hydroxylation is 1. The van der Waals surface area contributed by atoms with Crippen LogP contribution in [0.5, 0.6) is 5.75 Å². The van der Waals surface area contributed by atoms with E-state index in [0.717, 1.165) is 66.3 Å². The number of nitrogens with zero attached hydrogens (tertiary/aromatic N) is 2. The number of hydrogen-bond acceptors (Lipinski definition) is 5. The van der Waals surface area contributed by atoms with E-state index in [0.29, 0.717) is 6.54 Å². The van der Waals surface area contributed by atoms with Crippen LogP contribution in [0.15, 0.2) is 78.9 Å². The molecule has 0 radical (unpaired) electrons. The molecule has 0 aromatic heterocycles. The van der Waals surface area contributed by atoms with Gasteiger partial charge in [0.25, 0.3) is 0 Å². The van der Waals surface area contributed by atoms with Gasteiger partial charge >= 0.3 is 0 Å². The third-order valence-electron chi connectivity index (χ3n) is 8.17. The number of halogens is 1. The van der Waals surface area contributed by atoms with E-state index in [1.54, 1.807) is 0 Å². The van der Waals surface area contributed by atoms with Crippen molar-refractivity contribution in [1.82, 2.24) is 4.90 Å². The first kappa shape index (κ1) is 28.7. The highest BCUT2D eigenvalue weighted by Gasteiger charge is 2.20. The van der Waals surface area contributed by atoms with Crippen molar-refractivity contribution in [3.8, 4) is 16.9 Å². The van der Waals surface area contributed by atoms with E-state index in [1.807, 2.05) is 39.0 Å². The minimum atomic E-state index is -0.556. The minimum Gasteiger partial charge on any atom is -0.490 e. The third-order valence-corrected chi connectivity index (χ3v) is 8.17. The van der Waals surface area contributed by atoms with Gasteiger partial charge in [-0.1, -0.05) is 48.5 Å². The number of rotatable bonds is 9. The number of hydrogen-bond donors (Lipinski definition) is 2. The van der Waals surface area contributed by atoms with Gasteiger partial charge < -0.3 is 20.5 Å². The van der Waals surface area contributed by atoms with Gasteiger partial charge in [0.2, 0.25) is 0 Å². The lowest BCUT2D eigenvalue weighted by atomic mass is 10.00. The Balaban J connectivity index is 1.09. The highest BCUT2D eigenvalue weighted by atomic mass is 19.1. The van der Waals surface area contributed by atoms with Gasteiger partial charge in [-0.05, 0) is 96.5 Å². The van der Waals surface area contributed by atoms with Gasteiger partial charge in [0.1, 0.15) is 24.3 Å². The van der Waals surface area contributed by atoms with Crippen LogP contribution in [0, 0.1) is 26.6 Å². The largest absolute Gasteiger partial charge is 0.490 e. The molecule has 3 N–H and O–H groups in total. The van der Waals surface area contributed by atoms with Crippen LogP contribution < -0.4 is 15.4 Å². The quantitative estimate of drug-likeness (QED) is 0.243. The number of ether oxygens (including phenoxy) is 1. The van der Waals surface area contributed by atoms with Gasteiger partial charge in [-0.2, -0.15) is 0 Å². The average molecular weight is 554 g/mol. The molecule has 1 saturated heterocycles. The molecule has 6 heteroatoms. The molecule has 5 nitrogen and oxygen atoms in total. The van der Waals surface area contributed by atoms with Crippen LogP contribution in [-0.2, 0) is 6.42 Å². The fourth-order valence-corrected chi connectivity index (χ4v) is 5.55. The first-order chi connectivity index (χ1) is 19.8. The monoisotopic (exact) mass is 553 g/mol. The van der Waals surface area contributed by atoms with Crippen LogP contribution in [0.4, 0.5) is 15.8 Å². The minimum absolute atomic E-state index is 0.204. The number of nitrogens with two attached hydrogens (primary N) is 1. The number of β-amino-alcohol motifs (C(OH)–C–C–N with tert-alkyl or cyclic N) is 1. The van der Waals surface area contributed by atoms with Gasteiger partial charge in [0.15, 0.2) is 0 Å². The SMILES string of the molecule is Cc1cc(N)c(C)c(C)c1OCC(O)CN1CCN(c2ccc(-c3ccc(Cc4ccc(F)cc4)cc3)cc2)CC1. The number of nitrogen functional groups attached to an aromatic ring is 1. The Morgan fingerprint density at radius 1 is 0.805 bits per heavy atom.